The van der Waals surface area contributed by atoms with Crippen LogP contribution in [0.2, 0.25) is 15.1 Å². The highest BCUT2D eigenvalue weighted by molar-refractivity contribution is 6.46. The number of carbonyl (C=O) groups is 1. The predicted molar refractivity (Wildman–Crippen MR) is 74.1 cm³/mol. The van der Waals surface area contributed by atoms with Crippen LogP contribution in [-0.4, -0.2) is 24.9 Å². The van der Waals surface area contributed by atoms with Gasteiger partial charge in [-0.1, -0.05) is 46.9 Å². The number of methoxy groups -OCH3 is 1. The summed E-state index contributed by atoms with van der Waals surface area (Å²) >= 11 is 18.2. The van der Waals surface area contributed by atoms with Crippen LogP contribution in [0.3, 0.4) is 0 Å². The molecule has 2 atom stereocenters. The summed E-state index contributed by atoms with van der Waals surface area (Å²) in [6, 6.07) is 3.21. The summed E-state index contributed by atoms with van der Waals surface area (Å²) in [7, 11) is 1.29. The second kappa shape index (κ2) is 5.57. The summed E-state index contributed by atoms with van der Waals surface area (Å²) in [6.45, 7) is 1.78. The van der Waals surface area contributed by atoms with E-state index in [4.69, 9.17) is 39.6 Å². The number of rotatable bonds is 2. The molecule has 0 unspecified atom stereocenters. The lowest BCUT2D eigenvalue weighted by molar-refractivity contribution is -0.154. The lowest BCUT2D eigenvalue weighted by atomic mass is 9.94. The molecule has 1 heterocycles. The van der Waals surface area contributed by atoms with E-state index < -0.39 is 12.1 Å². The topological polar surface area (TPSA) is 47.9 Å². The van der Waals surface area contributed by atoms with Gasteiger partial charge in [-0.05, 0) is 12.1 Å². The lowest BCUT2D eigenvalue weighted by Crippen LogP contribution is -2.30. The van der Waals surface area contributed by atoms with Crippen LogP contribution >= 0.6 is 34.8 Å². The molecule has 0 N–H and O–H groups in total. The van der Waals surface area contributed by atoms with E-state index in [0.29, 0.717) is 21.3 Å². The second-order valence-electron chi connectivity index (χ2n) is 4.03. The van der Waals surface area contributed by atoms with E-state index >= 15 is 0 Å². The molecule has 0 saturated heterocycles. The molecule has 0 saturated carbocycles. The predicted octanol–water partition coefficient (Wildman–Crippen LogP) is 3.56. The van der Waals surface area contributed by atoms with Crippen LogP contribution < -0.4 is 0 Å². The Morgan fingerprint density at radius 1 is 1.32 bits per heavy atom. The van der Waals surface area contributed by atoms with Gasteiger partial charge in [0.25, 0.3) is 0 Å². The van der Waals surface area contributed by atoms with Crippen molar-refractivity contribution < 1.29 is 14.4 Å². The highest BCUT2D eigenvalue weighted by Crippen LogP contribution is 2.36. The van der Waals surface area contributed by atoms with E-state index in [-0.39, 0.29) is 10.9 Å². The number of ether oxygens (including phenoxy) is 1. The van der Waals surface area contributed by atoms with Crippen LogP contribution in [0.4, 0.5) is 0 Å². The monoisotopic (exact) mass is 321 g/mol. The fourth-order valence-electron chi connectivity index (χ4n) is 1.83. The van der Waals surface area contributed by atoms with Gasteiger partial charge in [-0.3, -0.25) is 0 Å². The number of esters is 1. The Labute approximate surface area is 125 Å². The second-order valence-corrected chi connectivity index (χ2v) is 5.22. The first-order valence-corrected chi connectivity index (χ1v) is 6.56. The number of hydrogen-bond donors (Lipinski definition) is 0. The van der Waals surface area contributed by atoms with Crippen LogP contribution in [0, 0.1) is 5.92 Å². The first-order valence-electron chi connectivity index (χ1n) is 5.42. The number of hydrogen-bond acceptors (Lipinski definition) is 4. The molecule has 0 amide bonds. The maximum atomic E-state index is 11.5. The van der Waals surface area contributed by atoms with Crippen molar-refractivity contribution in [1.29, 1.82) is 0 Å². The van der Waals surface area contributed by atoms with Crippen molar-refractivity contribution in [3.05, 3.63) is 32.8 Å². The maximum Gasteiger partial charge on any atom is 0.350 e. The lowest BCUT2D eigenvalue weighted by Gasteiger charge is -2.14. The van der Waals surface area contributed by atoms with Gasteiger partial charge in [-0.15, -0.1) is 0 Å². The first-order chi connectivity index (χ1) is 8.97. The third-order valence-electron chi connectivity index (χ3n) is 2.88. The van der Waals surface area contributed by atoms with Gasteiger partial charge >= 0.3 is 5.97 Å². The minimum Gasteiger partial charge on any atom is -0.466 e. The van der Waals surface area contributed by atoms with E-state index in [1.54, 1.807) is 19.1 Å². The van der Waals surface area contributed by atoms with Gasteiger partial charge in [0.05, 0.1) is 33.8 Å². The zero-order chi connectivity index (χ0) is 14.2. The molecule has 102 valence electrons. The number of nitrogens with zero attached hydrogens (tertiary/aromatic N) is 1. The number of benzene rings is 1. The molecule has 0 spiro atoms. The summed E-state index contributed by atoms with van der Waals surface area (Å²) in [4.78, 5) is 16.6. The number of oxime groups is 1. The third kappa shape index (κ3) is 2.53. The molecule has 0 radical (unpaired) electrons. The normalized spacial score (nSPS) is 21.8. The van der Waals surface area contributed by atoms with E-state index in [9.17, 15) is 4.79 Å². The Bertz CT molecular complexity index is 559. The van der Waals surface area contributed by atoms with Crippen LogP contribution in [0.5, 0.6) is 0 Å². The van der Waals surface area contributed by atoms with Gasteiger partial charge in [-0.25, -0.2) is 4.79 Å². The quantitative estimate of drug-likeness (QED) is 0.618. The fourth-order valence-corrected chi connectivity index (χ4v) is 2.55. The van der Waals surface area contributed by atoms with E-state index in [0.717, 1.165) is 0 Å². The van der Waals surface area contributed by atoms with Crippen LogP contribution in [0.1, 0.15) is 12.5 Å². The van der Waals surface area contributed by atoms with E-state index in [2.05, 4.69) is 9.89 Å². The van der Waals surface area contributed by atoms with Gasteiger partial charge in [0, 0.05) is 5.56 Å². The third-order valence-corrected chi connectivity index (χ3v) is 4.00. The van der Waals surface area contributed by atoms with E-state index in [1.807, 2.05) is 0 Å². The zero-order valence-corrected chi connectivity index (χ0v) is 12.4. The van der Waals surface area contributed by atoms with Gasteiger partial charge in [0.1, 0.15) is 0 Å². The Balaban J connectivity index is 2.40. The van der Waals surface area contributed by atoms with Gasteiger partial charge < -0.3 is 9.57 Å². The molecule has 2 rings (SSSR count). The molecule has 4 nitrogen and oxygen atoms in total. The summed E-state index contributed by atoms with van der Waals surface area (Å²) in [6.07, 6.45) is -0.800. The molecule has 7 heteroatoms. The first kappa shape index (κ1) is 14.4. The van der Waals surface area contributed by atoms with Crippen molar-refractivity contribution in [3.8, 4) is 0 Å². The SMILES string of the molecule is COC(=O)[C@@H]1ON=C(c2c(Cl)ccc(Cl)c2Cl)[C@H]1C. The average Bonchev–Trinajstić information content (AvgIpc) is 2.76. The van der Waals surface area contributed by atoms with Crippen molar-refractivity contribution in [2.24, 2.45) is 11.1 Å². The molecule has 1 aliphatic heterocycles. The minimum absolute atomic E-state index is 0.286. The van der Waals surface area contributed by atoms with Crippen molar-refractivity contribution in [3.63, 3.8) is 0 Å². The van der Waals surface area contributed by atoms with Crippen LogP contribution in [0.15, 0.2) is 17.3 Å². The molecule has 0 bridgehead atoms. The summed E-state index contributed by atoms with van der Waals surface area (Å²) < 4.78 is 4.64. The largest absolute Gasteiger partial charge is 0.466 e. The van der Waals surface area contributed by atoms with Gasteiger partial charge in [0.2, 0.25) is 6.10 Å². The Morgan fingerprint density at radius 2 is 1.95 bits per heavy atom. The maximum absolute atomic E-state index is 11.5. The molecule has 1 aromatic rings. The Morgan fingerprint density at radius 3 is 2.58 bits per heavy atom. The molecule has 0 aromatic heterocycles. The number of halogens is 3. The van der Waals surface area contributed by atoms with Crippen molar-refractivity contribution in [1.82, 2.24) is 0 Å². The van der Waals surface area contributed by atoms with E-state index in [1.165, 1.54) is 7.11 Å². The Hall–Kier alpha value is -0.970. The minimum atomic E-state index is -0.800. The molecule has 19 heavy (non-hydrogen) atoms. The molecule has 0 aliphatic carbocycles. The molecular weight excluding hydrogens is 312 g/mol. The zero-order valence-electron chi connectivity index (χ0n) is 10.1. The summed E-state index contributed by atoms with van der Waals surface area (Å²) in [5.41, 5.74) is 0.961. The number of carbonyl (C=O) groups excluding carboxylic acids is 1. The van der Waals surface area contributed by atoms with Gasteiger partial charge in [0.15, 0.2) is 0 Å². The van der Waals surface area contributed by atoms with Crippen LogP contribution in [0.25, 0.3) is 0 Å². The standard InChI is InChI=1S/C12H10Cl3NO3/c1-5-10(16-19-11(5)12(17)18-2)8-6(13)3-4-7(14)9(8)15/h3-5,11H,1-2H3/t5-,11-/m1/s1. The molecule has 1 aromatic carbocycles. The summed E-state index contributed by atoms with van der Waals surface area (Å²) in [5.74, 6) is -0.832. The van der Waals surface area contributed by atoms with Crippen molar-refractivity contribution in [2.45, 2.75) is 13.0 Å². The highest BCUT2D eigenvalue weighted by atomic mass is 35.5. The van der Waals surface area contributed by atoms with Crippen molar-refractivity contribution >= 4 is 46.5 Å². The van der Waals surface area contributed by atoms with Gasteiger partial charge in [-0.2, -0.15) is 0 Å². The smallest absolute Gasteiger partial charge is 0.350 e. The highest BCUT2D eigenvalue weighted by Gasteiger charge is 2.39. The van der Waals surface area contributed by atoms with Crippen molar-refractivity contribution in [2.75, 3.05) is 7.11 Å². The molecular formula is C12H10Cl3NO3. The summed E-state index contributed by atoms with van der Waals surface area (Å²) in [5, 5.41) is 4.93. The molecule has 0 fully saturated rings. The van der Waals surface area contributed by atoms with Crippen LogP contribution in [-0.2, 0) is 14.4 Å². The average molecular weight is 323 g/mol. The fraction of sp³-hybridized carbons (Fsp3) is 0.333. The Kier molecular flexibility index (Phi) is 4.23. The molecule has 1 aliphatic rings.